The quantitative estimate of drug-likeness (QED) is 0.902. The molecule has 21 heavy (non-hydrogen) atoms. The van der Waals surface area contributed by atoms with Crippen LogP contribution in [0.2, 0.25) is 5.02 Å². The van der Waals surface area contributed by atoms with E-state index in [0.29, 0.717) is 24.7 Å². The average Bonchev–Trinajstić information content (AvgIpc) is 2.45. The second-order valence-electron chi connectivity index (χ2n) is 6.26. The Hall–Kier alpha value is -1.26. The van der Waals surface area contributed by atoms with Gasteiger partial charge in [-0.15, -0.1) is 0 Å². The molecule has 4 nitrogen and oxygen atoms in total. The highest BCUT2D eigenvalue weighted by molar-refractivity contribution is 6.31. The van der Waals surface area contributed by atoms with Gasteiger partial charge in [-0.05, 0) is 24.5 Å². The number of amides is 2. The Morgan fingerprint density at radius 1 is 1.48 bits per heavy atom. The van der Waals surface area contributed by atoms with E-state index in [2.05, 4.69) is 19.2 Å². The number of halogens is 1. The third-order valence-corrected chi connectivity index (χ3v) is 4.30. The molecule has 0 bridgehead atoms. The number of carbonyl (C=O) groups is 1. The predicted molar refractivity (Wildman–Crippen MR) is 84.7 cm³/mol. The second-order valence-corrected chi connectivity index (χ2v) is 6.67. The lowest BCUT2D eigenvalue weighted by Crippen LogP contribution is -2.49. The normalized spacial score (nSPS) is 19.4. The van der Waals surface area contributed by atoms with Crippen molar-refractivity contribution in [2.45, 2.75) is 38.2 Å². The monoisotopic (exact) mass is 310 g/mol. The second kappa shape index (κ2) is 6.67. The Kier molecular flexibility index (Phi) is 5.12. The lowest BCUT2D eigenvalue weighted by Gasteiger charge is -2.32. The van der Waals surface area contributed by atoms with Gasteiger partial charge < -0.3 is 15.3 Å². The molecule has 1 fully saturated rings. The number of rotatable bonds is 3. The van der Waals surface area contributed by atoms with E-state index in [9.17, 15) is 9.90 Å². The largest absolute Gasteiger partial charge is 0.391 e. The SMILES string of the molecule is CC(C)(CNC(=O)N1CCCC(O)C1)c1ccccc1Cl. The van der Waals surface area contributed by atoms with Crippen molar-refractivity contribution in [3.8, 4) is 0 Å². The molecule has 0 radical (unpaired) electrons. The molecule has 1 aromatic rings. The van der Waals surface area contributed by atoms with Crippen molar-refractivity contribution in [1.29, 1.82) is 0 Å². The van der Waals surface area contributed by atoms with Crippen molar-refractivity contribution < 1.29 is 9.90 Å². The summed E-state index contributed by atoms with van der Waals surface area (Å²) in [6, 6.07) is 7.58. The van der Waals surface area contributed by atoms with Gasteiger partial charge in [0.25, 0.3) is 0 Å². The smallest absolute Gasteiger partial charge is 0.317 e. The molecular weight excluding hydrogens is 288 g/mol. The van der Waals surface area contributed by atoms with Gasteiger partial charge in [-0.2, -0.15) is 0 Å². The minimum Gasteiger partial charge on any atom is -0.391 e. The highest BCUT2D eigenvalue weighted by atomic mass is 35.5. The minimum absolute atomic E-state index is 0.117. The summed E-state index contributed by atoms with van der Waals surface area (Å²) in [4.78, 5) is 13.9. The van der Waals surface area contributed by atoms with Gasteiger partial charge in [-0.25, -0.2) is 4.79 Å². The van der Waals surface area contributed by atoms with Gasteiger partial charge in [0.1, 0.15) is 0 Å². The van der Waals surface area contributed by atoms with Gasteiger partial charge >= 0.3 is 6.03 Å². The van der Waals surface area contributed by atoms with Crippen molar-refractivity contribution >= 4 is 17.6 Å². The van der Waals surface area contributed by atoms with Crippen LogP contribution in [0, 0.1) is 0 Å². The first-order valence-electron chi connectivity index (χ1n) is 7.36. The maximum absolute atomic E-state index is 12.2. The van der Waals surface area contributed by atoms with Crippen LogP contribution < -0.4 is 5.32 Å². The fourth-order valence-corrected chi connectivity index (χ4v) is 3.04. The highest BCUT2D eigenvalue weighted by Gasteiger charge is 2.26. The standard InChI is InChI=1S/C16H23ClN2O2/c1-16(2,13-7-3-4-8-14(13)17)11-18-15(21)19-9-5-6-12(20)10-19/h3-4,7-8,12,20H,5-6,9-11H2,1-2H3,(H,18,21). The molecule has 1 aliphatic rings. The Labute approximate surface area is 131 Å². The van der Waals surface area contributed by atoms with E-state index >= 15 is 0 Å². The molecule has 0 saturated carbocycles. The van der Waals surface area contributed by atoms with Gasteiger partial charge in [0.05, 0.1) is 6.10 Å². The summed E-state index contributed by atoms with van der Waals surface area (Å²) in [6.07, 6.45) is 1.22. The molecule has 0 spiro atoms. The molecule has 5 heteroatoms. The molecule has 0 aliphatic carbocycles. The zero-order valence-electron chi connectivity index (χ0n) is 12.6. The maximum atomic E-state index is 12.2. The first kappa shape index (κ1) is 16.1. The molecule has 1 aromatic carbocycles. The minimum atomic E-state index is -0.402. The fraction of sp³-hybridized carbons (Fsp3) is 0.562. The molecular formula is C16H23ClN2O2. The van der Waals surface area contributed by atoms with Crippen LogP contribution in [0.5, 0.6) is 0 Å². The van der Waals surface area contributed by atoms with Gasteiger partial charge in [-0.3, -0.25) is 0 Å². The van der Waals surface area contributed by atoms with Crippen molar-refractivity contribution in [2.24, 2.45) is 0 Å². The first-order chi connectivity index (χ1) is 9.90. The average molecular weight is 311 g/mol. The summed E-state index contributed by atoms with van der Waals surface area (Å²) < 4.78 is 0. The number of benzene rings is 1. The molecule has 1 heterocycles. The van der Waals surface area contributed by atoms with Crippen molar-refractivity contribution in [2.75, 3.05) is 19.6 Å². The Balaban J connectivity index is 1.95. The molecule has 0 aromatic heterocycles. The molecule has 2 rings (SSSR count). The van der Waals surface area contributed by atoms with Crippen LogP contribution >= 0.6 is 11.6 Å². The maximum Gasteiger partial charge on any atom is 0.317 e. The summed E-state index contributed by atoms with van der Waals surface area (Å²) in [5, 5.41) is 13.3. The number of urea groups is 1. The number of carbonyl (C=O) groups excluding carboxylic acids is 1. The molecule has 1 atom stereocenters. The number of β-amino-alcohol motifs (C(OH)–C–C–N with tert-alkyl or cyclic N) is 1. The summed E-state index contributed by atoms with van der Waals surface area (Å²) in [5.74, 6) is 0. The van der Waals surface area contributed by atoms with Gasteiger partial charge in [0.15, 0.2) is 0 Å². The number of aliphatic hydroxyl groups excluding tert-OH is 1. The lowest BCUT2D eigenvalue weighted by atomic mass is 9.84. The van der Waals surface area contributed by atoms with Crippen LogP contribution in [0.15, 0.2) is 24.3 Å². The van der Waals surface area contributed by atoms with E-state index in [1.54, 1.807) is 4.90 Å². The molecule has 1 saturated heterocycles. The van der Waals surface area contributed by atoms with Crippen molar-refractivity contribution in [1.82, 2.24) is 10.2 Å². The zero-order chi connectivity index (χ0) is 15.5. The number of nitrogens with one attached hydrogen (secondary N) is 1. The van der Waals surface area contributed by atoms with E-state index < -0.39 is 6.10 Å². The third-order valence-electron chi connectivity index (χ3n) is 3.97. The summed E-state index contributed by atoms with van der Waals surface area (Å²) in [5.41, 5.74) is 0.772. The van der Waals surface area contributed by atoms with Crippen LogP contribution in [0.25, 0.3) is 0 Å². The van der Waals surface area contributed by atoms with Crippen LogP contribution in [-0.2, 0) is 5.41 Å². The molecule has 1 aliphatic heterocycles. The van der Waals surface area contributed by atoms with E-state index in [0.717, 1.165) is 18.4 Å². The topological polar surface area (TPSA) is 52.6 Å². The molecule has 1 unspecified atom stereocenters. The number of hydrogen-bond acceptors (Lipinski definition) is 2. The van der Waals surface area contributed by atoms with Crippen LogP contribution in [-0.4, -0.2) is 41.8 Å². The van der Waals surface area contributed by atoms with Crippen molar-refractivity contribution in [3.05, 3.63) is 34.9 Å². The van der Waals surface area contributed by atoms with E-state index in [-0.39, 0.29) is 11.4 Å². The zero-order valence-corrected chi connectivity index (χ0v) is 13.4. The number of nitrogens with zero attached hydrogens (tertiary/aromatic N) is 1. The summed E-state index contributed by atoms with van der Waals surface area (Å²) in [6.45, 7) is 5.73. The number of aliphatic hydroxyl groups is 1. The van der Waals surface area contributed by atoms with Crippen LogP contribution in [0.1, 0.15) is 32.3 Å². The summed E-state index contributed by atoms with van der Waals surface area (Å²) in [7, 11) is 0. The molecule has 116 valence electrons. The van der Waals surface area contributed by atoms with E-state index in [4.69, 9.17) is 11.6 Å². The molecule has 2 N–H and O–H groups in total. The number of piperidine rings is 1. The summed E-state index contributed by atoms with van der Waals surface area (Å²) >= 11 is 6.24. The first-order valence-corrected chi connectivity index (χ1v) is 7.74. The van der Waals surface area contributed by atoms with Gasteiger partial charge in [0.2, 0.25) is 0 Å². The predicted octanol–water partition coefficient (Wildman–Crippen LogP) is 2.78. The van der Waals surface area contributed by atoms with Crippen LogP contribution in [0.4, 0.5) is 4.79 Å². The van der Waals surface area contributed by atoms with E-state index in [1.165, 1.54) is 0 Å². The van der Waals surface area contributed by atoms with E-state index in [1.807, 2.05) is 24.3 Å². The van der Waals surface area contributed by atoms with Gasteiger partial charge in [0, 0.05) is 30.1 Å². The number of hydrogen-bond donors (Lipinski definition) is 2. The van der Waals surface area contributed by atoms with Gasteiger partial charge in [-0.1, -0.05) is 43.6 Å². The van der Waals surface area contributed by atoms with Crippen molar-refractivity contribution in [3.63, 3.8) is 0 Å². The lowest BCUT2D eigenvalue weighted by molar-refractivity contribution is 0.0839. The Morgan fingerprint density at radius 3 is 2.86 bits per heavy atom. The third kappa shape index (κ3) is 4.11. The number of likely N-dealkylation sites (tertiary alicyclic amines) is 1. The Morgan fingerprint density at radius 2 is 2.19 bits per heavy atom. The molecule has 2 amide bonds. The van der Waals surface area contributed by atoms with Crippen LogP contribution in [0.3, 0.4) is 0 Å². The fourth-order valence-electron chi connectivity index (χ4n) is 2.65. The Bertz CT molecular complexity index is 505. The highest BCUT2D eigenvalue weighted by Crippen LogP contribution is 2.29.